The van der Waals surface area contributed by atoms with E-state index in [1.807, 2.05) is 6.07 Å². The maximum absolute atomic E-state index is 5.99. The first kappa shape index (κ1) is 12.2. The highest BCUT2D eigenvalue weighted by Gasteiger charge is 2.28. The Labute approximate surface area is 116 Å². The van der Waals surface area contributed by atoms with Gasteiger partial charge in [-0.2, -0.15) is 0 Å². The van der Waals surface area contributed by atoms with Crippen molar-refractivity contribution in [1.82, 2.24) is 5.32 Å². The molecule has 0 aromatic heterocycles. The summed E-state index contributed by atoms with van der Waals surface area (Å²) in [6.45, 7) is 2.90. The quantitative estimate of drug-likeness (QED) is 0.930. The minimum absolute atomic E-state index is 0.208. The van der Waals surface area contributed by atoms with Gasteiger partial charge < -0.3 is 10.1 Å². The topological polar surface area (TPSA) is 33.6 Å². The van der Waals surface area contributed by atoms with Crippen LogP contribution in [0, 0.1) is 5.92 Å². The number of ether oxygens (including phenoxy) is 1. The lowest BCUT2D eigenvalue weighted by Gasteiger charge is -2.14. The molecule has 2 aliphatic rings. The number of aliphatic imine (C=N–C) groups is 1. The van der Waals surface area contributed by atoms with Crippen LogP contribution in [0.1, 0.15) is 12.0 Å². The molecular weight excluding hydrogens is 292 g/mol. The molecule has 0 bridgehead atoms. The van der Waals surface area contributed by atoms with E-state index in [0.29, 0.717) is 5.92 Å². The van der Waals surface area contributed by atoms with Crippen molar-refractivity contribution in [1.29, 1.82) is 0 Å². The van der Waals surface area contributed by atoms with Crippen LogP contribution in [0.5, 0.6) is 0 Å². The fourth-order valence-corrected chi connectivity index (χ4v) is 2.99. The Balaban J connectivity index is 1.59. The number of nitrogens with one attached hydrogen (secondary N) is 1. The Bertz CT molecular complexity index is 455. The second-order valence-corrected chi connectivity index (χ2v) is 5.76. The average Bonchev–Trinajstić information content (AvgIpc) is 3.02. The molecular formula is C14H17BrN2O. The molecule has 1 aromatic rings. The zero-order valence-corrected chi connectivity index (χ0v) is 11.8. The summed E-state index contributed by atoms with van der Waals surface area (Å²) in [4.78, 5) is 4.56. The van der Waals surface area contributed by atoms with Gasteiger partial charge in [0.05, 0.1) is 6.54 Å². The Kier molecular flexibility index (Phi) is 3.66. The zero-order chi connectivity index (χ0) is 12.4. The van der Waals surface area contributed by atoms with Crippen LogP contribution in [0.25, 0.3) is 0 Å². The van der Waals surface area contributed by atoms with Crippen molar-refractivity contribution >= 4 is 21.8 Å². The Morgan fingerprint density at radius 1 is 1.39 bits per heavy atom. The molecule has 2 atom stereocenters. The van der Waals surface area contributed by atoms with Crippen molar-refractivity contribution in [3.63, 3.8) is 0 Å². The van der Waals surface area contributed by atoms with E-state index in [4.69, 9.17) is 4.74 Å². The number of hydrogen-bond donors (Lipinski definition) is 1. The third kappa shape index (κ3) is 2.59. The largest absolute Gasteiger partial charge is 0.475 e. The number of halogens is 1. The highest BCUT2D eigenvalue weighted by Crippen LogP contribution is 2.23. The second-order valence-electron chi connectivity index (χ2n) is 4.90. The van der Waals surface area contributed by atoms with Gasteiger partial charge in [0.25, 0.3) is 0 Å². The highest BCUT2D eigenvalue weighted by molar-refractivity contribution is 9.10. The van der Waals surface area contributed by atoms with Gasteiger partial charge in [-0.15, -0.1) is 0 Å². The molecule has 0 radical (unpaired) electrons. The SMILES string of the molecule is Brc1ccccc1CC1CN=C(C2CCNC2)O1. The van der Waals surface area contributed by atoms with Crippen molar-refractivity contribution in [2.45, 2.75) is 18.9 Å². The number of nitrogens with zero attached hydrogens (tertiary/aromatic N) is 1. The average molecular weight is 309 g/mol. The fourth-order valence-electron chi connectivity index (χ4n) is 2.54. The molecule has 1 N–H and O–H groups in total. The van der Waals surface area contributed by atoms with E-state index < -0.39 is 0 Å². The summed E-state index contributed by atoms with van der Waals surface area (Å²) in [7, 11) is 0. The lowest BCUT2D eigenvalue weighted by atomic mass is 10.1. The van der Waals surface area contributed by atoms with Crippen LogP contribution in [-0.2, 0) is 11.2 Å². The van der Waals surface area contributed by atoms with Gasteiger partial charge in [-0.3, -0.25) is 4.99 Å². The summed E-state index contributed by atoms with van der Waals surface area (Å²) in [6.07, 6.45) is 2.29. The van der Waals surface area contributed by atoms with Crippen LogP contribution in [-0.4, -0.2) is 31.6 Å². The first-order valence-electron chi connectivity index (χ1n) is 6.48. The number of hydrogen-bond acceptors (Lipinski definition) is 3. The molecule has 96 valence electrons. The van der Waals surface area contributed by atoms with Crippen LogP contribution in [0.2, 0.25) is 0 Å². The summed E-state index contributed by atoms with van der Waals surface area (Å²) in [6, 6.07) is 8.32. The highest BCUT2D eigenvalue weighted by atomic mass is 79.9. The summed E-state index contributed by atoms with van der Waals surface area (Å²) in [5.41, 5.74) is 1.29. The van der Waals surface area contributed by atoms with E-state index in [0.717, 1.165) is 42.8 Å². The van der Waals surface area contributed by atoms with Crippen LogP contribution in [0.3, 0.4) is 0 Å². The maximum Gasteiger partial charge on any atom is 0.188 e. The summed E-state index contributed by atoms with van der Waals surface area (Å²) >= 11 is 3.58. The van der Waals surface area contributed by atoms with E-state index in [1.54, 1.807) is 0 Å². The van der Waals surface area contributed by atoms with E-state index in [9.17, 15) is 0 Å². The van der Waals surface area contributed by atoms with Crippen LogP contribution in [0.15, 0.2) is 33.7 Å². The molecule has 2 aliphatic heterocycles. The van der Waals surface area contributed by atoms with Crippen molar-refractivity contribution in [2.75, 3.05) is 19.6 Å². The van der Waals surface area contributed by atoms with Gasteiger partial charge in [0.1, 0.15) is 6.10 Å². The number of benzene rings is 1. The minimum atomic E-state index is 0.208. The van der Waals surface area contributed by atoms with Crippen molar-refractivity contribution in [2.24, 2.45) is 10.9 Å². The fraction of sp³-hybridized carbons (Fsp3) is 0.500. The van der Waals surface area contributed by atoms with E-state index in [2.05, 4.69) is 44.4 Å². The molecule has 3 nitrogen and oxygen atoms in total. The molecule has 1 fully saturated rings. The predicted molar refractivity (Wildman–Crippen MR) is 76.0 cm³/mol. The van der Waals surface area contributed by atoms with E-state index in [1.165, 1.54) is 5.56 Å². The monoisotopic (exact) mass is 308 g/mol. The maximum atomic E-state index is 5.99. The smallest absolute Gasteiger partial charge is 0.188 e. The van der Waals surface area contributed by atoms with Gasteiger partial charge >= 0.3 is 0 Å². The van der Waals surface area contributed by atoms with Gasteiger partial charge in [0.2, 0.25) is 0 Å². The molecule has 3 rings (SSSR count). The van der Waals surface area contributed by atoms with Gasteiger partial charge in [0.15, 0.2) is 5.90 Å². The Morgan fingerprint density at radius 2 is 2.28 bits per heavy atom. The van der Waals surface area contributed by atoms with Crippen molar-refractivity contribution in [3.8, 4) is 0 Å². The Hall–Kier alpha value is -0.870. The van der Waals surface area contributed by atoms with Crippen molar-refractivity contribution < 1.29 is 4.74 Å². The molecule has 2 unspecified atom stereocenters. The number of rotatable bonds is 3. The predicted octanol–water partition coefficient (Wildman–Crippen LogP) is 2.40. The normalized spacial score (nSPS) is 27.1. The van der Waals surface area contributed by atoms with Gasteiger partial charge in [-0.1, -0.05) is 34.1 Å². The molecule has 0 saturated carbocycles. The molecule has 0 spiro atoms. The third-order valence-electron chi connectivity index (χ3n) is 3.55. The molecule has 0 aliphatic carbocycles. The Morgan fingerprint density at radius 3 is 3.06 bits per heavy atom. The molecule has 4 heteroatoms. The van der Waals surface area contributed by atoms with Gasteiger partial charge in [-0.25, -0.2) is 0 Å². The standard InChI is InChI=1S/C14H17BrN2O/c15-13-4-2-1-3-10(13)7-12-9-17-14(18-12)11-5-6-16-8-11/h1-4,11-12,16H,5-9H2. The zero-order valence-electron chi connectivity index (χ0n) is 10.2. The van der Waals surface area contributed by atoms with Gasteiger partial charge in [-0.05, 0) is 24.6 Å². The molecule has 0 amide bonds. The van der Waals surface area contributed by atoms with Crippen LogP contribution < -0.4 is 5.32 Å². The molecule has 1 aromatic carbocycles. The second kappa shape index (κ2) is 5.41. The first-order chi connectivity index (χ1) is 8.83. The van der Waals surface area contributed by atoms with E-state index >= 15 is 0 Å². The summed E-state index contributed by atoms with van der Waals surface area (Å²) in [5.74, 6) is 1.46. The molecule has 2 heterocycles. The summed E-state index contributed by atoms with van der Waals surface area (Å²) < 4.78 is 7.15. The summed E-state index contributed by atoms with van der Waals surface area (Å²) in [5, 5.41) is 3.35. The molecule has 1 saturated heterocycles. The van der Waals surface area contributed by atoms with E-state index in [-0.39, 0.29) is 6.10 Å². The molecule has 18 heavy (non-hydrogen) atoms. The van der Waals surface area contributed by atoms with Crippen LogP contribution >= 0.6 is 15.9 Å². The van der Waals surface area contributed by atoms with Crippen LogP contribution in [0.4, 0.5) is 0 Å². The first-order valence-corrected chi connectivity index (χ1v) is 7.27. The third-order valence-corrected chi connectivity index (χ3v) is 4.33. The minimum Gasteiger partial charge on any atom is -0.475 e. The van der Waals surface area contributed by atoms with Crippen molar-refractivity contribution in [3.05, 3.63) is 34.3 Å². The lowest BCUT2D eigenvalue weighted by Crippen LogP contribution is -2.22. The lowest BCUT2D eigenvalue weighted by molar-refractivity contribution is 0.211. The van der Waals surface area contributed by atoms with Gasteiger partial charge in [0, 0.05) is 23.4 Å².